The van der Waals surface area contributed by atoms with Crippen LogP contribution in [-0.4, -0.2) is 39.5 Å². The predicted octanol–water partition coefficient (Wildman–Crippen LogP) is 0.969. The van der Waals surface area contributed by atoms with Crippen molar-refractivity contribution in [1.29, 1.82) is 0 Å². The lowest BCUT2D eigenvalue weighted by Crippen LogP contribution is -2.44. The smallest absolute Gasteiger partial charge is 0.250 e. The number of likely N-dealkylation sites (N-methyl/N-ethyl adjacent to an activating group) is 1. The number of thiophene rings is 1. The van der Waals surface area contributed by atoms with Crippen molar-refractivity contribution in [2.45, 2.75) is 36.1 Å². The monoisotopic (exact) mass is 303 g/mol. The van der Waals surface area contributed by atoms with Gasteiger partial charge < -0.3 is 10.6 Å². The van der Waals surface area contributed by atoms with E-state index in [1.165, 1.54) is 24.2 Å². The molecule has 1 saturated heterocycles. The summed E-state index contributed by atoms with van der Waals surface area (Å²) in [5.41, 5.74) is 6.36. The predicted molar refractivity (Wildman–Crippen MR) is 77.7 cm³/mol. The lowest BCUT2D eigenvalue weighted by atomic mass is 10.0. The molecular formula is C12H21N3O2S2. The molecule has 7 heteroatoms. The molecule has 5 nitrogen and oxygen atoms in total. The van der Waals surface area contributed by atoms with Crippen LogP contribution in [0.2, 0.25) is 0 Å². The molecule has 1 fully saturated rings. The largest absolute Gasteiger partial charge is 0.326 e. The van der Waals surface area contributed by atoms with Crippen molar-refractivity contribution < 1.29 is 8.42 Å². The number of rotatable bonds is 5. The molecule has 0 amide bonds. The second kappa shape index (κ2) is 6.32. The van der Waals surface area contributed by atoms with E-state index in [1.54, 1.807) is 11.4 Å². The Kier molecular flexibility index (Phi) is 4.97. The Bertz CT molecular complexity index is 513. The standard InChI is InChI=1S/C12H21N3O2S2/c1-15-5-3-2-4-11(15)8-14-19(16,17)12-6-10(7-13)9-18-12/h6,9,11,14H,2-5,7-8,13H2,1H3. The van der Waals surface area contributed by atoms with E-state index in [4.69, 9.17) is 5.73 Å². The van der Waals surface area contributed by atoms with Gasteiger partial charge in [-0.3, -0.25) is 0 Å². The summed E-state index contributed by atoms with van der Waals surface area (Å²) < 4.78 is 27.4. The van der Waals surface area contributed by atoms with Gasteiger partial charge in [-0.15, -0.1) is 11.3 Å². The van der Waals surface area contributed by atoms with Crippen molar-refractivity contribution in [1.82, 2.24) is 9.62 Å². The Morgan fingerprint density at radius 3 is 2.95 bits per heavy atom. The van der Waals surface area contributed by atoms with Gasteiger partial charge in [-0.2, -0.15) is 0 Å². The average molecular weight is 303 g/mol. The van der Waals surface area contributed by atoms with Crippen molar-refractivity contribution in [2.24, 2.45) is 5.73 Å². The zero-order chi connectivity index (χ0) is 13.9. The summed E-state index contributed by atoms with van der Waals surface area (Å²) in [4.78, 5) is 2.23. The van der Waals surface area contributed by atoms with Crippen molar-refractivity contribution >= 4 is 21.4 Å². The highest BCUT2D eigenvalue weighted by Crippen LogP contribution is 2.20. The second-order valence-corrected chi connectivity index (χ2v) is 7.87. The Labute approximate surface area is 118 Å². The number of nitrogens with zero attached hydrogens (tertiary/aromatic N) is 1. The Morgan fingerprint density at radius 1 is 1.53 bits per heavy atom. The van der Waals surface area contributed by atoms with Crippen LogP contribution < -0.4 is 10.5 Å². The van der Waals surface area contributed by atoms with Crippen LogP contribution in [0.15, 0.2) is 15.7 Å². The topological polar surface area (TPSA) is 75.4 Å². The Morgan fingerprint density at radius 2 is 2.32 bits per heavy atom. The Balaban J connectivity index is 1.97. The fraction of sp³-hybridized carbons (Fsp3) is 0.667. The maximum atomic E-state index is 12.2. The van der Waals surface area contributed by atoms with Crippen LogP contribution in [0.1, 0.15) is 24.8 Å². The first-order valence-electron chi connectivity index (χ1n) is 6.50. The fourth-order valence-corrected chi connectivity index (χ4v) is 4.62. The van der Waals surface area contributed by atoms with Gasteiger partial charge in [0.05, 0.1) is 0 Å². The van der Waals surface area contributed by atoms with Crippen LogP contribution in [-0.2, 0) is 16.6 Å². The summed E-state index contributed by atoms with van der Waals surface area (Å²) in [5.74, 6) is 0. The van der Waals surface area contributed by atoms with E-state index in [0.29, 0.717) is 23.3 Å². The van der Waals surface area contributed by atoms with Gasteiger partial charge in [-0.25, -0.2) is 13.1 Å². The summed E-state index contributed by atoms with van der Waals surface area (Å²) in [7, 11) is -1.33. The van der Waals surface area contributed by atoms with Crippen molar-refractivity contribution in [2.75, 3.05) is 20.1 Å². The van der Waals surface area contributed by atoms with Crippen LogP contribution in [0.3, 0.4) is 0 Å². The number of likely N-dealkylation sites (tertiary alicyclic amines) is 1. The molecule has 1 aromatic heterocycles. The maximum absolute atomic E-state index is 12.2. The number of hydrogen-bond donors (Lipinski definition) is 2. The molecule has 2 rings (SSSR count). The zero-order valence-electron chi connectivity index (χ0n) is 11.1. The molecule has 0 aromatic carbocycles. The third-order valence-corrected chi connectivity index (χ3v) is 6.47. The zero-order valence-corrected chi connectivity index (χ0v) is 12.8. The van der Waals surface area contributed by atoms with Gasteiger partial charge >= 0.3 is 0 Å². The van der Waals surface area contributed by atoms with Gasteiger partial charge in [-0.05, 0) is 43.4 Å². The number of hydrogen-bond acceptors (Lipinski definition) is 5. The van der Waals surface area contributed by atoms with Gasteiger partial charge in [0, 0.05) is 19.1 Å². The molecule has 108 valence electrons. The highest BCUT2D eigenvalue weighted by Gasteiger charge is 2.22. The summed E-state index contributed by atoms with van der Waals surface area (Å²) in [6.07, 6.45) is 3.43. The molecule has 0 aliphatic carbocycles. The summed E-state index contributed by atoms with van der Waals surface area (Å²) >= 11 is 1.22. The molecule has 19 heavy (non-hydrogen) atoms. The van der Waals surface area contributed by atoms with Crippen LogP contribution in [0.4, 0.5) is 0 Å². The van der Waals surface area contributed by atoms with Gasteiger partial charge in [0.1, 0.15) is 4.21 Å². The van der Waals surface area contributed by atoms with E-state index in [-0.39, 0.29) is 0 Å². The number of sulfonamides is 1. The average Bonchev–Trinajstić information content (AvgIpc) is 2.87. The van der Waals surface area contributed by atoms with Gasteiger partial charge in [0.2, 0.25) is 10.0 Å². The van der Waals surface area contributed by atoms with E-state index in [1.807, 2.05) is 0 Å². The third kappa shape index (κ3) is 3.76. The fourth-order valence-electron chi connectivity index (χ4n) is 2.28. The molecule has 1 aliphatic heterocycles. The van der Waals surface area contributed by atoms with Gasteiger partial charge in [-0.1, -0.05) is 6.42 Å². The van der Waals surface area contributed by atoms with E-state index in [0.717, 1.165) is 18.5 Å². The number of nitrogens with two attached hydrogens (primary N) is 1. The maximum Gasteiger partial charge on any atom is 0.250 e. The highest BCUT2D eigenvalue weighted by atomic mass is 32.2. The van der Waals surface area contributed by atoms with E-state index >= 15 is 0 Å². The van der Waals surface area contributed by atoms with Gasteiger partial charge in [0.25, 0.3) is 0 Å². The van der Waals surface area contributed by atoms with Crippen molar-refractivity contribution in [3.63, 3.8) is 0 Å². The molecule has 0 spiro atoms. The number of piperidine rings is 1. The molecule has 2 heterocycles. The summed E-state index contributed by atoms with van der Waals surface area (Å²) in [6.45, 7) is 1.90. The minimum atomic E-state index is -3.39. The quantitative estimate of drug-likeness (QED) is 0.850. The molecule has 1 aliphatic rings. The highest BCUT2D eigenvalue weighted by molar-refractivity contribution is 7.91. The lowest BCUT2D eigenvalue weighted by Gasteiger charge is -2.32. The molecule has 0 bridgehead atoms. The normalized spacial score (nSPS) is 21.7. The molecule has 0 radical (unpaired) electrons. The van der Waals surface area contributed by atoms with Crippen LogP contribution in [0, 0.1) is 0 Å². The van der Waals surface area contributed by atoms with E-state index in [9.17, 15) is 8.42 Å². The lowest BCUT2D eigenvalue weighted by molar-refractivity contribution is 0.187. The van der Waals surface area contributed by atoms with Crippen LogP contribution >= 0.6 is 11.3 Å². The van der Waals surface area contributed by atoms with Gasteiger partial charge in [0.15, 0.2) is 0 Å². The summed E-state index contributed by atoms with van der Waals surface area (Å²) in [6, 6.07) is 1.95. The SMILES string of the molecule is CN1CCCCC1CNS(=O)(=O)c1cc(CN)cs1. The first-order valence-corrected chi connectivity index (χ1v) is 8.86. The molecule has 1 atom stereocenters. The number of nitrogens with one attached hydrogen (secondary N) is 1. The minimum Gasteiger partial charge on any atom is -0.326 e. The van der Waals surface area contributed by atoms with Crippen LogP contribution in [0.5, 0.6) is 0 Å². The first-order chi connectivity index (χ1) is 9.03. The molecule has 1 unspecified atom stereocenters. The van der Waals surface area contributed by atoms with E-state index < -0.39 is 10.0 Å². The molecule has 3 N–H and O–H groups in total. The van der Waals surface area contributed by atoms with E-state index in [2.05, 4.69) is 16.7 Å². The van der Waals surface area contributed by atoms with Crippen molar-refractivity contribution in [3.8, 4) is 0 Å². The molecular weight excluding hydrogens is 282 g/mol. The Hall–Kier alpha value is -0.470. The van der Waals surface area contributed by atoms with Crippen molar-refractivity contribution in [3.05, 3.63) is 17.0 Å². The van der Waals surface area contributed by atoms with Crippen LogP contribution in [0.25, 0.3) is 0 Å². The molecule has 1 aromatic rings. The first kappa shape index (κ1) is 14.9. The second-order valence-electron chi connectivity index (χ2n) is 4.96. The molecule has 0 saturated carbocycles. The minimum absolute atomic E-state index is 0.303. The summed E-state index contributed by atoms with van der Waals surface area (Å²) in [5, 5.41) is 1.79. The third-order valence-electron chi connectivity index (χ3n) is 3.56.